The summed E-state index contributed by atoms with van der Waals surface area (Å²) in [4.78, 5) is 0. The molecule has 0 heterocycles. The fourth-order valence-electron chi connectivity index (χ4n) is 1.90. The van der Waals surface area contributed by atoms with Gasteiger partial charge in [0.15, 0.2) is 0 Å². The van der Waals surface area contributed by atoms with E-state index in [0.29, 0.717) is 12.0 Å². The van der Waals surface area contributed by atoms with Gasteiger partial charge in [0.1, 0.15) is 11.6 Å². The average Bonchev–Trinajstić information content (AvgIpc) is 2.43. The predicted octanol–water partition coefficient (Wildman–Crippen LogP) is 4.02. The Balaban J connectivity index is 2.23. The Morgan fingerprint density at radius 1 is 1.00 bits per heavy atom. The van der Waals surface area contributed by atoms with Crippen molar-refractivity contribution < 1.29 is 8.78 Å². The number of rotatable bonds is 4. The second-order valence-electron chi connectivity index (χ2n) is 4.35. The molecule has 0 amide bonds. The van der Waals surface area contributed by atoms with Crippen LogP contribution in [0.1, 0.15) is 17.2 Å². The SMILES string of the molecule is NNC(Cc1ccc(F)c(Cl)c1)c1ccc(Cl)c(F)c1. The van der Waals surface area contributed by atoms with E-state index in [1.165, 1.54) is 24.3 Å². The molecule has 3 N–H and O–H groups in total. The molecule has 2 aromatic rings. The molecule has 0 saturated heterocycles. The molecule has 1 atom stereocenters. The minimum Gasteiger partial charge on any atom is -0.271 e. The predicted molar refractivity (Wildman–Crippen MR) is 76.6 cm³/mol. The molecule has 2 aromatic carbocycles. The second-order valence-corrected chi connectivity index (χ2v) is 5.16. The third kappa shape index (κ3) is 3.46. The fraction of sp³-hybridized carbons (Fsp3) is 0.143. The van der Waals surface area contributed by atoms with Crippen molar-refractivity contribution >= 4 is 23.2 Å². The van der Waals surface area contributed by atoms with E-state index in [0.717, 1.165) is 5.56 Å². The molecule has 0 bridgehead atoms. The fourth-order valence-corrected chi connectivity index (χ4v) is 2.23. The Morgan fingerprint density at radius 2 is 1.75 bits per heavy atom. The molecule has 0 aliphatic heterocycles. The minimum absolute atomic E-state index is 0.0422. The monoisotopic (exact) mass is 316 g/mol. The molecule has 0 aliphatic carbocycles. The zero-order chi connectivity index (χ0) is 14.7. The molecule has 0 saturated carbocycles. The highest BCUT2D eigenvalue weighted by Crippen LogP contribution is 2.24. The van der Waals surface area contributed by atoms with Gasteiger partial charge in [0, 0.05) is 0 Å². The van der Waals surface area contributed by atoms with Crippen LogP contribution >= 0.6 is 23.2 Å². The molecule has 2 nitrogen and oxygen atoms in total. The standard InChI is InChI=1S/C14H12Cl2F2N2/c15-10-3-2-9(7-13(10)18)14(20-19)6-8-1-4-12(17)11(16)5-8/h1-5,7,14,20H,6,19H2. The molecule has 0 spiro atoms. The van der Waals surface area contributed by atoms with Crippen LogP contribution in [0.15, 0.2) is 36.4 Å². The van der Waals surface area contributed by atoms with Gasteiger partial charge >= 0.3 is 0 Å². The molecule has 2 rings (SSSR count). The summed E-state index contributed by atoms with van der Waals surface area (Å²) in [6.45, 7) is 0. The highest BCUT2D eigenvalue weighted by molar-refractivity contribution is 6.31. The maximum Gasteiger partial charge on any atom is 0.142 e. The first-order chi connectivity index (χ1) is 9.51. The maximum absolute atomic E-state index is 13.5. The van der Waals surface area contributed by atoms with Crippen LogP contribution in [-0.4, -0.2) is 0 Å². The van der Waals surface area contributed by atoms with Gasteiger partial charge in [-0.15, -0.1) is 0 Å². The van der Waals surface area contributed by atoms with Crippen LogP contribution in [0.2, 0.25) is 10.0 Å². The van der Waals surface area contributed by atoms with Crippen LogP contribution < -0.4 is 11.3 Å². The number of hydrazine groups is 1. The van der Waals surface area contributed by atoms with Crippen molar-refractivity contribution in [3.05, 3.63) is 69.2 Å². The minimum atomic E-state index is -0.512. The summed E-state index contributed by atoms with van der Waals surface area (Å²) < 4.78 is 26.6. The zero-order valence-electron chi connectivity index (χ0n) is 10.3. The van der Waals surface area contributed by atoms with Crippen molar-refractivity contribution in [3.63, 3.8) is 0 Å². The van der Waals surface area contributed by atoms with E-state index in [1.54, 1.807) is 12.1 Å². The van der Waals surface area contributed by atoms with Crippen LogP contribution in [-0.2, 0) is 6.42 Å². The molecular formula is C14H12Cl2F2N2. The largest absolute Gasteiger partial charge is 0.271 e. The molecule has 106 valence electrons. The molecule has 0 fully saturated rings. The van der Waals surface area contributed by atoms with E-state index in [4.69, 9.17) is 29.0 Å². The van der Waals surface area contributed by atoms with E-state index in [2.05, 4.69) is 5.43 Å². The molecule has 1 unspecified atom stereocenters. The van der Waals surface area contributed by atoms with Crippen molar-refractivity contribution in [3.8, 4) is 0 Å². The molecular weight excluding hydrogens is 305 g/mol. The first-order valence-corrected chi connectivity index (χ1v) is 6.62. The van der Waals surface area contributed by atoms with E-state index in [1.807, 2.05) is 0 Å². The lowest BCUT2D eigenvalue weighted by atomic mass is 9.99. The van der Waals surface area contributed by atoms with Crippen molar-refractivity contribution in [1.29, 1.82) is 0 Å². The van der Waals surface area contributed by atoms with Crippen LogP contribution in [0, 0.1) is 11.6 Å². The maximum atomic E-state index is 13.5. The highest BCUT2D eigenvalue weighted by Gasteiger charge is 2.13. The van der Waals surface area contributed by atoms with Crippen molar-refractivity contribution in [2.24, 2.45) is 5.84 Å². The zero-order valence-corrected chi connectivity index (χ0v) is 11.8. The van der Waals surface area contributed by atoms with Gasteiger partial charge in [-0.25, -0.2) is 8.78 Å². The third-order valence-corrected chi connectivity index (χ3v) is 3.57. The van der Waals surface area contributed by atoms with Crippen molar-refractivity contribution in [2.45, 2.75) is 12.5 Å². The highest BCUT2D eigenvalue weighted by atomic mass is 35.5. The van der Waals surface area contributed by atoms with Gasteiger partial charge < -0.3 is 0 Å². The number of hydrogen-bond donors (Lipinski definition) is 2. The number of hydrogen-bond acceptors (Lipinski definition) is 2. The number of nitrogens with two attached hydrogens (primary N) is 1. The van der Waals surface area contributed by atoms with Gasteiger partial charge in [0.05, 0.1) is 16.1 Å². The van der Waals surface area contributed by atoms with Crippen molar-refractivity contribution in [2.75, 3.05) is 0 Å². The smallest absolute Gasteiger partial charge is 0.142 e. The van der Waals surface area contributed by atoms with Gasteiger partial charge in [-0.1, -0.05) is 35.3 Å². The van der Waals surface area contributed by atoms with Gasteiger partial charge in [-0.05, 0) is 41.8 Å². The lowest BCUT2D eigenvalue weighted by molar-refractivity contribution is 0.543. The van der Waals surface area contributed by atoms with Gasteiger partial charge in [-0.3, -0.25) is 11.3 Å². The Kier molecular flexibility index (Phi) is 4.94. The summed E-state index contributed by atoms with van der Waals surface area (Å²) in [5, 5.41) is 0.0925. The van der Waals surface area contributed by atoms with Gasteiger partial charge in [0.25, 0.3) is 0 Å². The molecule has 6 heteroatoms. The Morgan fingerprint density at radius 3 is 2.35 bits per heavy atom. The molecule has 0 aliphatic rings. The number of nitrogens with one attached hydrogen (secondary N) is 1. The van der Waals surface area contributed by atoms with Crippen LogP contribution in [0.3, 0.4) is 0 Å². The molecule has 0 aromatic heterocycles. The summed E-state index contributed by atoms with van der Waals surface area (Å²) in [5.41, 5.74) is 4.04. The third-order valence-electron chi connectivity index (χ3n) is 2.97. The first-order valence-electron chi connectivity index (χ1n) is 5.86. The normalized spacial score (nSPS) is 12.4. The number of benzene rings is 2. The Bertz CT molecular complexity index is 620. The second kappa shape index (κ2) is 6.50. The van der Waals surface area contributed by atoms with Crippen molar-refractivity contribution in [1.82, 2.24) is 5.43 Å². The Labute approximate surface area is 125 Å². The summed E-state index contributed by atoms with van der Waals surface area (Å²) in [6, 6.07) is 8.55. The summed E-state index contributed by atoms with van der Waals surface area (Å²) in [7, 11) is 0. The number of halogens is 4. The Hall–Kier alpha value is -1.20. The molecule has 20 heavy (non-hydrogen) atoms. The van der Waals surface area contributed by atoms with E-state index in [-0.39, 0.29) is 16.1 Å². The van der Waals surface area contributed by atoms with Gasteiger partial charge in [0.2, 0.25) is 0 Å². The quantitative estimate of drug-likeness (QED) is 0.660. The van der Waals surface area contributed by atoms with E-state index >= 15 is 0 Å². The van der Waals surface area contributed by atoms with Gasteiger partial charge in [-0.2, -0.15) is 0 Å². The first kappa shape index (κ1) is 15.2. The molecule has 0 radical (unpaired) electrons. The summed E-state index contributed by atoms with van der Waals surface area (Å²) in [6.07, 6.45) is 0.442. The lowest BCUT2D eigenvalue weighted by Crippen LogP contribution is -2.29. The van der Waals surface area contributed by atoms with Crippen LogP contribution in [0.5, 0.6) is 0 Å². The van der Waals surface area contributed by atoms with Crippen LogP contribution in [0.4, 0.5) is 8.78 Å². The summed E-state index contributed by atoms with van der Waals surface area (Å²) >= 11 is 11.4. The van der Waals surface area contributed by atoms with E-state index < -0.39 is 11.6 Å². The lowest BCUT2D eigenvalue weighted by Gasteiger charge is -2.17. The average molecular weight is 317 g/mol. The van der Waals surface area contributed by atoms with E-state index in [9.17, 15) is 8.78 Å². The summed E-state index contributed by atoms with van der Waals surface area (Å²) in [5.74, 6) is 4.50. The van der Waals surface area contributed by atoms with Crippen LogP contribution in [0.25, 0.3) is 0 Å². The topological polar surface area (TPSA) is 38.0 Å².